The third kappa shape index (κ3) is 3.40. The summed E-state index contributed by atoms with van der Waals surface area (Å²) in [7, 11) is 1.42. The smallest absolute Gasteiger partial charge is 0.407 e. The van der Waals surface area contributed by atoms with E-state index in [1.54, 1.807) is 0 Å². The van der Waals surface area contributed by atoms with Gasteiger partial charge >= 0.3 is 6.09 Å². The molecule has 3 atom stereocenters. The van der Waals surface area contributed by atoms with Crippen molar-refractivity contribution in [1.82, 2.24) is 5.32 Å². The highest BCUT2D eigenvalue weighted by molar-refractivity contribution is 5.67. The summed E-state index contributed by atoms with van der Waals surface area (Å²) < 4.78 is 4.67. The van der Waals surface area contributed by atoms with Crippen LogP contribution in [-0.4, -0.2) is 19.2 Å². The van der Waals surface area contributed by atoms with Crippen LogP contribution in [-0.2, 0) is 4.74 Å². The molecule has 0 aromatic carbocycles. The van der Waals surface area contributed by atoms with Crippen LogP contribution in [0.25, 0.3) is 0 Å². The molecule has 0 aliphatic heterocycles. The molecule has 88 valence electrons. The Morgan fingerprint density at radius 2 is 2.07 bits per heavy atom. The highest BCUT2D eigenvalue weighted by Crippen LogP contribution is 2.33. The van der Waals surface area contributed by atoms with Gasteiger partial charge in [0.15, 0.2) is 0 Å². The van der Waals surface area contributed by atoms with E-state index in [0.29, 0.717) is 23.8 Å². The molecule has 3 unspecified atom stereocenters. The number of nitrogens with one attached hydrogen (secondary N) is 1. The molecule has 0 aromatic rings. The fourth-order valence-electron chi connectivity index (χ4n) is 2.58. The molecular weight excluding hydrogens is 190 g/mol. The second-order valence-electron chi connectivity index (χ2n) is 5.07. The fraction of sp³-hybridized carbons (Fsp3) is 0.917. The van der Waals surface area contributed by atoms with Crippen molar-refractivity contribution in [2.45, 2.75) is 46.1 Å². The summed E-state index contributed by atoms with van der Waals surface area (Å²) in [5, 5.41) is 2.97. The second-order valence-corrected chi connectivity index (χ2v) is 5.07. The summed E-state index contributed by atoms with van der Waals surface area (Å²) >= 11 is 0. The van der Waals surface area contributed by atoms with E-state index in [0.717, 1.165) is 6.42 Å². The fourth-order valence-corrected chi connectivity index (χ4v) is 2.58. The zero-order valence-electron chi connectivity index (χ0n) is 10.2. The average Bonchev–Trinajstić information content (AvgIpc) is 2.17. The van der Waals surface area contributed by atoms with Crippen LogP contribution in [0.3, 0.4) is 0 Å². The van der Waals surface area contributed by atoms with Crippen LogP contribution in [0.5, 0.6) is 0 Å². The van der Waals surface area contributed by atoms with Crippen molar-refractivity contribution in [1.29, 1.82) is 0 Å². The number of hydrogen-bond donors (Lipinski definition) is 1. The van der Waals surface area contributed by atoms with Crippen LogP contribution in [0.1, 0.15) is 40.0 Å². The predicted octanol–water partition coefficient (Wildman–Crippen LogP) is 2.80. The number of carbonyl (C=O) groups excluding carboxylic acids is 1. The van der Waals surface area contributed by atoms with Gasteiger partial charge in [0.25, 0.3) is 0 Å². The SMILES string of the molecule is COC(=O)NC1CC(C)CCC1C(C)C. The minimum absolute atomic E-state index is 0.292. The van der Waals surface area contributed by atoms with Gasteiger partial charge in [0.2, 0.25) is 0 Å². The van der Waals surface area contributed by atoms with Crippen LogP contribution in [0, 0.1) is 17.8 Å². The Morgan fingerprint density at radius 3 is 2.60 bits per heavy atom. The first-order chi connectivity index (χ1) is 7.04. The molecule has 1 fully saturated rings. The van der Waals surface area contributed by atoms with Gasteiger partial charge in [0.05, 0.1) is 7.11 Å². The molecule has 1 amide bonds. The molecule has 1 aliphatic carbocycles. The Hall–Kier alpha value is -0.730. The highest BCUT2D eigenvalue weighted by atomic mass is 16.5. The van der Waals surface area contributed by atoms with Crippen LogP contribution in [0.4, 0.5) is 4.79 Å². The highest BCUT2D eigenvalue weighted by Gasteiger charge is 2.31. The molecule has 1 rings (SSSR count). The van der Waals surface area contributed by atoms with Crippen molar-refractivity contribution in [2.24, 2.45) is 17.8 Å². The number of methoxy groups -OCH3 is 1. The summed E-state index contributed by atoms with van der Waals surface area (Å²) in [4.78, 5) is 11.2. The van der Waals surface area contributed by atoms with Crippen molar-refractivity contribution in [3.8, 4) is 0 Å². The number of amides is 1. The number of carbonyl (C=O) groups is 1. The lowest BCUT2D eigenvalue weighted by molar-refractivity contribution is 0.134. The molecule has 0 heterocycles. The standard InChI is InChI=1S/C12H23NO2/c1-8(2)10-6-5-9(3)7-11(10)13-12(14)15-4/h8-11H,5-7H2,1-4H3,(H,13,14). The lowest BCUT2D eigenvalue weighted by Crippen LogP contribution is -2.45. The number of alkyl carbamates (subject to hydrolysis) is 1. The van der Waals surface area contributed by atoms with Gasteiger partial charge in [-0.3, -0.25) is 0 Å². The maximum atomic E-state index is 11.2. The van der Waals surface area contributed by atoms with Gasteiger partial charge < -0.3 is 10.1 Å². The average molecular weight is 213 g/mol. The number of hydrogen-bond acceptors (Lipinski definition) is 2. The van der Waals surface area contributed by atoms with Crippen molar-refractivity contribution in [3.63, 3.8) is 0 Å². The first-order valence-electron chi connectivity index (χ1n) is 5.89. The first kappa shape index (κ1) is 12.3. The number of rotatable bonds is 2. The van der Waals surface area contributed by atoms with Crippen LogP contribution >= 0.6 is 0 Å². The molecule has 0 radical (unpaired) electrons. The molecule has 1 saturated carbocycles. The third-order valence-corrected chi connectivity index (χ3v) is 3.51. The van der Waals surface area contributed by atoms with E-state index in [1.165, 1.54) is 20.0 Å². The third-order valence-electron chi connectivity index (χ3n) is 3.51. The maximum Gasteiger partial charge on any atom is 0.407 e. The van der Waals surface area contributed by atoms with E-state index < -0.39 is 0 Å². The monoisotopic (exact) mass is 213 g/mol. The van der Waals surface area contributed by atoms with Gasteiger partial charge in [-0.15, -0.1) is 0 Å². The lowest BCUT2D eigenvalue weighted by atomic mass is 9.74. The molecule has 1 aliphatic rings. The van der Waals surface area contributed by atoms with E-state index >= 15 is 0 Å². The van der Waals surface area contributed by atoms with Crippen LogP contribution in [0.2, 0.25) is 0 Å². The Kier molecular flexibility index (Phi) is 4.43. The van der Waals surface area contributed by atoms with Crippen LogP contribution in [0.15, 0.2) is 0 Å². The van der Waals surface area contributed by atoms with Gasteiger partial charge in [0, 0.05) is 6.04 Å². The van der Waals surface area contributed by atoms with Gasteiger partial charge in [-0.25, -0.2) is 4.79 Å². The lowest BCUT2D eigenvalue weighted by Gasteiger charge is -2.37. The van der Waals surface area contributed by atoms with E-state index in [9.17, 15) is 4.79 Å². The maximum absolute atomic E-state index is 11.2. The normalized spacial score (nSPS) is 31.4. The summed E-state index contributed by atoms with van der Waals surface area (Å²) in [6.07, 6.45) is 3.29. The number of ether oxygens (including phenoxy) is 1. The summed E-state index contributed by atoms with van der Waals surface area (Å²) in [5.74, 6) is 1.93. The van der Waals surface area contributed by atoms with Gasteiger partial charge in [-0.1, -0.05) is 27.2 Å². The molecule has 15 heavy (non-hydrogen) atoms. The first-order valence-corrected chi connectivity index (χ1v) is 5.89. The van der Waals surface area contributed by atoms with Crippen molar-refractivity contribution in [3.05, 3.63) is 0 Å². The summed E-state index contributed by atoms with van der Waals surface area (Å²) in [6.45, 7) is 6.71. The quantitative estimate of drug-likeness (QED) is 0.766. The van der Waals surface area contributed by atoms with E-state index in [2.05, 4.69) is 30.8 Å². The Balaban J connectivity index is 2.57. The molecular formula is C12H23NO2. The van der Waals surface area contributed by atoms with E-state index in [-0.39, 0.29) is 6.09 Å². The summed E-state index contributed by atoms with van der Waals surface area (Å²) in [5.41, 5.74) is 0. The Labute approximate surface area is 92.6 Å². The summed E-state index contributed by atoms with van der Waals surface area (Å²) in [6, 6.07) is 0.293. The van der Waals surface area contributed by atoms with Gasteiger partial charge in [-0.05, 0) is 30.6 Å². The topological polar surface area (TPSA) is 38.3 Å². The molecule has 3 nitrogen and oxygen atoms in total. The molecule has 0 bridgehead atoms. The van der Waals surface area contributed by atoms with Crippen LogP contribution < -0.4 is 5.32 Å². The molecule has 3 heteroatoms. The predicted molar refractivity (Wildman–Crippen MR) is 60.7 cm³/mol. The van der Waals surface area contributed by atoms with Gasteiger partial charge in [0.1, 0.15) is 0 Å². The largest absolute Gasteiger partial charge is 0.453 e. The zero-order valence-corrected chi connectivity index (χ0v) is 10.2. The van der Waals surface area contributed by atoms with E-state index in [4.69, 9.17) is 0 Å². The second kappa shape index (κ2) is 5.38. The molecule has 0 aromatic heterocycles. The Morgan fingerprint density at radius 1 is 1.40 bits per heavy atom. The van der Waals surface area contributed by atoms with E-state index in [1.807, 2.05) is 0 Å². The van der Waals surface area contributed by atoms with Gasteiger partial charge in [-0.2, -0.15) is 0 Å². The Bertz CT molecular complexity index is 216. The van der Waals surface area contributed by atoms with Crippen molar-refractivity contribution < 1.29 is 9.53 Å². The van der Waals surface area contributed by atoms with Crippen molar-refractivity contribution in [2.75, 3.05) is 7.11 Å². The minimum Gasteiger partial charge on any atom is -0.453 e. The molecule has 1 N–H and O–H groups in total. The van der Waals surface area contributed by atoms with Crippen molar-refractivity contribution >= 4 is 6.09 Å². The zero-order chi connectivity index (χ0) is 11.4. The molecule has 0 spiro atoms. The molecule has 0 saturated heterocycles. The minimum atomic E-state index is -0.292.